The molecule has 0 amide bonds. The fraction of sp³-hybridized carbons (Fsp3) is 0.733. The standard InChI is InChI=1S/C15H26N2/c1-3-8-17(9-4-2)10-7-13-11-14-5-6-15(12-13)16-14/h3-4,13-16H,1-2,5-12H2. The molecule has 2 aliphatic rings. The predicted octanol–water partition coefficient (Wildman–Crippen LogP) is 2.58. The lowest BCUT2D eigenvalue weighted by Gasteiger charge is -2.30. The average molecular weight is 234 g/mol. The molecule has 1 N–H and O–H groups in total. The summed E-state index contributed by atoms with van der Waals surface area (Å²) in [6, 6.07) is 1.65. The van der Waals surface area contributed by atoms with E-state index in [1.165, 1.54) is 38.6 Å². The Bertz CT molecular complexity index is 240. The van der Waals surface area contributed by atoms with E-state index in [2.05, 4.69) is 23.4 Å². The molecule has 0 radical (unpaired) electrons. The Morgan fingerprint density at radius 3 is 2.18 bits per heavy atom. The first-order chi connectivity index (χ1) is 8.31. The maximum absolute atomic E-state index is 3.83. The van der Waals surface area contributed by atoms with Crippen molar-refractivity contribution in [2.24, 2.45) is 5.92 Å². The molecule has 2 heterocycles. The molecule has 2 aliphatic heterocycles. The highest BCUT2D eigenvalue weighted by Crippen LogP contribution is 2.32. The zero-order valence-corrected chi connectivity index (χ0v) is 10.9. The van der Waals surface area contributed by atoms with Crippen LogP contribution >= 0.6 is 0 Å². The van der Waals surface area contributed by atoms with Crippen LogP contribution in [0.4, 0.5) is 0 Å². The van der Waals surface area contributed by atoms with Crippen LogP contribution in [-0.2, 0) is 0 Å². The lowest BCUT2D eigenvalue weighted by Crippen LogP contribution is -2.39. The second-order valence-electron chi connectivity index (χ2n) is 5.60. The van der Waals surface area contributed by atoms with Crippen LogP contribution in [0.15, 0.2) is 25.3 Å². The molecular formula is C15H26N2. The molecule has 0 aromatic rings. The second kappa shape index (κ2) is 6.36. The van der Waals surface area contributed by atoms with Crippen LogP contribution in [0.2, 0.25) is 0 Å². The Kier molecular flexibility index (Phi) is 4.81. The van der Waals surface area contributed by atoms with Gasteiger partial charge in [0.05, 0.1) is 0 Å². The molecule has 2 fully saturated rings. The topological polar surface area (TPSA) is 15.3 Å². The van der Waals surface area contributed by atoms with Gasteiger partial charge in [-0.1, -0.05) is 12.2 Å². The maximum atomic E-state index is 3.83. The normalized spacial score (nSPS) is 31.7. The van der Waals surface area contributed by atoms with Crippen LogP contribution < -0.4 is 5.32 Å². The summed E-state index contributed by atoms with van der Waals surface area (Å²) in [5.41, 5.74) is 0. The van der Waals surface area contributed by atoms with Gasteiger partial charge in [-0.05, 0) is 44.6 Å². The molecule has 0 aromatic carbocycles. The van der Waals surface area contributed by atoms with E-state index in [0.29, 0.717) is 0 Å². The van der Waals surface area contributed by atoms with Crippen LogP contribution in [0, 0.1) is 5.92 Å². The highest BCUT2D eigenvalue weighted by molar-refractivity contribution is 4.92. The summed E-state index contributed by atoms with van der Waals surface area (Å²) in [7, 11) is 0. The van der Waals surface area contributed by atoms with Crippen LogP contribution in [0.5, 0.6) is 0 Å². The van der Waals surface area contributed by atoms with Crippen LogP contribution in [-0.4, -0.2) is 36.6 Å². The van der Waals surface area contributed by atoms with Crippen LogP contribution in [0.25, 0.3) is 0 Å². The van der Waals surface area contributed by atoms with Gasteiger partial charge in [-0.25, -0.2) is 0 Å². The molecule has 2 bridgehead atoms. The Hall–Kier alpha value is -0.600. The number of rotatable bonds is 7. The molecular weight excluding hydrogens is 208 g/mol. The fourth-order valence-corrected chi connectivity index (χ4v) is 3.40. The number of nitrogens with one attached hydrogen (secondary N) is 1. The number of piperidine rings is 1. The molecule has 2 unspecified atom stereocenters. The minimum Gasteiger partial charge on any atom is -0.311 e. The van der Waals surface area contributed by atoms with E-state index < -0.39 is 0 Å². The molecule has 17 heavy (non-hydrogen) atoms. The number of nitrogens with zero attached hydrogens (tertiary/aromatic N) is 1. The van der Waals surface area contributed by atoms with Crippen molar-refractivity contribution in [2.75, 3.05) is 19.6 Å². The highest BCUT2D eigenvalue weighted by Gasteiger charge is 2.33. The fourth-order valence-electron chi connectivity index (χ4n) is 3.40. The monoisotopic (exact) mass is 234 g/mol. The Morgan fingerprint density at radius 1 is 1.06 bits per heavy atom. The van der Waals surface area contributed by atoms with Crippen molar-refractivity contribution in [2.45, 2.75) is 44.2 Å². The summed E-state index contributed by atoms with van der Waals surface area (Å²) < 4.78 is 0. The molecule has 2 heteroatoms. The van der Waals surface area contributed by atoms with E-state index in [1.807, 2.05) is 12.2 Å². The molecule has 2 rings (SSSR count). The van der Waals surface area contributed by atoms with E-state index in [-0.39, 0.29) is 0 Å². The van der Waals surface area contributed by atoms with Crippen molar-refractivity contribution in [3.63, 3.8) is 0 Å². The first-order valence-electron chi connectivity index (χ1n) is 7.02. The van der Waals surface area contributed by atoms with Crippen molar-refractivity contribution >= 4 is 0 Å². The number of hydrogen-bond acceptors (Lipinski definition) is 2. The first kappa shape index (κ1) is 12.8. The summed E-state index contributed by atoms with van der Waals surface area (Å²) in [4.78, 5) is 2.43. The minimum absolute atomic E-state index is 0.825. The van der Waals surface area contributed by atoms with Gasteiger partial charge in [0.1, 0.15) is 0 Å². The van der Waals surface area contributed by atoms with E-state index in [4.69, 9.17) is 0 Å². The first-order valence-corrected chi connectivity index (χ1v) is 7.02. The zero-order chi connectivity index (χ0) is 12.1. The Balaban J connectivity index is 1.72. The predicted molar refractivity (Wildman–Crippen MR) is 74.1 cm³/mol. The lowest BCUT2D eigenvalue weighted by molar-refractivity contribution is 0.241. The average Bonchev–Trinajstić information content (AvgIpc) is 2.66. The van der Waals surface area contributed by atoms with Crippen LogP contribution in [0.3, 0.4) is 0 Å². The summed E-state index contributed by atoms with van der Waals surface area (Å²) in [5.74, 6) is 0.936. The Morgan fingerprint density at radius 2 is 1.65 bits per heavy atom. The van der Waals surface area contributed by atoms with Gasteiger partial charge in [0.25, 0.3) is 0 Å². The molecule has 0 saturated carbocycles. The summed E-state index contributed by atoms with van der Waals surface area (Å²) >= 11 is 0. The van der Waals surface area contributed by atoms with Gasteiger partial charge >= 0.3 is 0 Å². The molecule has 0 spiro atoms. The molecule has 0 aliphatic carbocycles. The molecule has 2 saturated heterocycles. The van der Waals surface area contributed by atoms with E-state index >= 15 is 0 Å². The molecule has 2 nitrogen and oxygen atoms in total. The van der Waals surface area contributed by atoms with Crippen molar-refractivity contribution in [1.82, 2.24) is 10.2 Å². The summed E-state index contributed by atoms with van der Waals surface area (Å²) in [5, 5.41) is 3.71. The number of fused-ring (bicyclic) bond motifs is 2. The maximum Gasteiger partial charge on any atom is 0.0163 e. The molecule has 2 atom stereocenters. The van der Waals surface area contributed by atoms with E-state index in [9.17, 15) is 0 Å². The van der Waals surface area contributed by atoms with Gasteiger partial charge in [-0.15, -0.1) is 13.2 Å². The summed E-state index contributed by atoms with van der Waals surface area (Å²) in [6.07, 6.45) is 10.9. The lowest BCUT2D eigenvalue weighted by atomic mass is 9.89. The molecule has 96 valence electrons. The van der Waals surface area contributed by atoms with Gasteiger partial charge in [0, 0.05) is 25.2 Å². The third kappa shape index (κ3) is 3.68. The zero-order valence-electron chi connectivity index (χ0n) is 10.9. The second-order valence-corrected chi connectivity index (χ2v) is 5.60. The van der Waals surface area contributed by atoms with Crippen molar-refractivity contribution < 1.29 is 0 Å². The molecule has 0 aromatic heterocycles. The van der Waals surface area contributed by atoms with Gasteiger partial charge < -0.3 is 5.32 Å². The third-order valence-corrected chi connectivity index (χ3v) is 4.20. The van der Waals surface area contributed by atoms with Crippen molar-refractivity contribution in [1.29, 1.82) is 0 Å². The van der Waals surface area contributed by atoms with Gasteiger partial charge in [0.15, 0.2) is 0 Å². The minimum atomic E-state index is 0.825. The largest absolute Gasteiger partial charge is 0.311 e. The van der Waals surface area contributed by atoms with E-state index in [0.717, 1.165) is 31.1 Å². The smallest absolute Gasteiger partial charge is 0.0163 e. The SMILES string of the molecule is C=CCN(CC=C)CCC1CC2CCC(C1)N2. The third-order valence-electron chi connectivity index (χ3n) is 4.20. The number of hydrogen-bond donors (Lipinski definition) is 1. The quantitative estimate of drug-likeness (QED) is 0.681. The van der Waals surface area contributed by atoms with Crippen molar-refractivity contribution in [3.05, 3.63) is 25.3 Å². The van der Waals surface area contributed by atoms with Crippen molar-refractivity contribution in [3.8, 4) is 0 Å². The van der Waals surface area contributed by atoms with Gasteiger partial charge in [0.2, 0.25) is 0 Å². The Labute approximate surface area is 106 Å². The van der Waals surface area contributed by atoms with Gasteiger partial charge in [-0.2, -0.15) is 0 Å². The van der Waals surface area contributed by atoms with E-state index in [1.54, 1.807) is 0 Å². The van der Waals surface area contributed by atoms with Crippen LogP contribution in [0.1, 0.15) is 32.1 Å². The summed E-state index contributed by atoms with van der Waals surface area (Å²) in [6.45, 7) is 10.8. The highest BCUT2D eigenvalue weighted by atomic mass is 15.1. The van der Waals surface area contributed by atoms with Gasteiger partial charge in [-0.3, -0.25) is 4.90 Å².